The minimum atomic E-state index is 0.0737. The molecule has 0 saturated heterocycles. The Hall–Kier alpha value is -2.89. The number of carbonyl (C=O) groups excluding carboxylic acids is 1. The molecule has 0 saturated carbocycles. The van der Waals surface area contributed by atoms with Crippen LogP contribution in [0.1, 0.15) is 15.9 Å². The van der Waals surface area contributed by atoms with Crippen molar-refractivity contribution < 1.29 is 4.79 Å². The highest BCUT2D eigenvalue weighted by molar-refractivity contribution is 7.14. The molecule has 0 unspecified atom stereocenters. The summed E-state index contributed by atoms with van der Waals surface area (Å²) in [6.45, 7) is 0. The second kappa shape index (κ2) is 8.46. The Morgan fingerprint density at radius 2 is 1.03 bits per heavy atom. The molecule has 0 aliphatic heterocycles. The van der Waals surface area contributed by atoms with Crippen LogP contribution in [0.2, 0.25) is 0 Å². The molecule has 4 rings (SSSR count). The summed E-state index contributed by atoms with van der Waals surface area (Å²) in [6.07, 6.45) is 0. The molecule has 3 nitrogen and oxygen atoms in total. The van der Waals surface area contributed by atoms with E-state index < -0.39 is 0 Å². The first-order valence-corrected chi connectivity index (χ1v) is 11.5. The van der Waals surface area contributed by atoms with Crippen molar-refractivity contribution in [1.82, 2.24) is 0 Å². The summed E-state index contributed by atoms with van der Waals surface area (Å²) < 4.78 is 0. The van der Waals surface area contributed by atoms with Crippen LogP contribution in [0.25, 0.3) is 20.9 Å². The second-order valence-corrected chi connectivity index (χ2v) is 9.31. The molecule has 4 aromatic rings. The van der Waals surface area contributed by atoms with Gasteiger partial charge in [0.2, 0.25) is 0 Å². The van der Waals surface area contributed by atoms with Gasteiger partial charge in [0, 0.05) is 71.6 Å². The van der Waals surface area contributed by atoms with Crippen LogP contribution in [0.5, 0.6) is 0 Å². The number of anilines is 2. The highest BCUT2D eigenvalue weighted by atomic mass is 32.1. The fourth-order valence-corrected chi connectivity index (χ4v) is 5.50. The minimum Gasteiger partial charge on any atom is -0.377 e. The van der Waals surface area contributed by atoms with Crippen LogP contribution in [0, 0.1) is 0 Å². The summed E-state index contributed by atoms with van der Waals surface area (Å²) in [4.78, 5) is 19.9. The van der Waals surface area contributed by atoms with Gasteiger partial charge in [-0.15, -0.1) is 22.7 Å². The summed E-state index contributed by atoms with van der Waals surface area (Å²) in [6, 6.07) is 20.4. The number of thiophene rings is 2. The predicted octanol–water partition coefficient (Wildman–Crippen LogP) is 6.51. The zero-order valence-electron chi connectivity index (χ0n) is 17.5. The Bertz CT molecular complexity index is 1100. The van der Waals surface area contributed by atoms with Gasteiger partial charge in [-0.2, -0.15) is 0 Å². The molecule has 5 heteroatoms. The van der Waals surface area contributed by atoms with Gasteiger partial charge < -0.3 is 9.80 Å². The van der Waals surface area contributed by atoms with Gasteiger partial charge in [0.25, 0.3) is 0 Å². The largest absolute Gasteiger partial charge is 0.377 e. The van der Waals surface area contributed by atoms with Gasteiger partial charge in [-0.3, -0.25) is 4.79 Å². The Balaban J connectivity index is 1.81. The summed E-state index contributed by atoms with van der Waals surface area (Å²) in [7, 11) is 8.12. The zero-order chi connectivity index (χ0) is 21.3. The smallest absolute Gasteiger partial charge is 0.195 e. The van der Waals surface area contributed by atoms with Crippen LogP contribution >= 0.6 is 22.7 Å². The Morgan fingerprint density at radius 3 is 1.43 bits per heavy atom. The SMILES string of the molecule is CN(C)c1ccccc1-c1sccc1C(=O)c1ccsc1-c1ccccc1N(C)C. The monoisotopic (exact) mass is 432 g/mol. The number of benzene rings is 2. The number of hydrogen-bond acceptors (Lipinski definition) is 5. The molecule has 0 radical (unpaired) electrons. The van der Waals surface area contributed by atoms with Gasteiger partial charge in [0.05, 0.1) is 0 Å². The number of hydrogen-bond donors (Lipinski definition) is 0. The third-order valence-corrected chi connectivity index (χ3v) is 6.98. The first-order chi connectivity index (χ1) is 14.5. The van der Waals surface area contributed by atoms with Crippen molar-refractivity contribution in [3.8, 4) is 20.9 Å². The van der Waals surface area contributed by atoms with E-state index in [0.29, 0.717) is 0 Å². The van der Waals surface area contributed by atoms with E-state index in [1.807, 2.05) is 75.3 Å². The minimum absolute atomic E-state index is 0.0737. The number of rotatable bonds is 6. The van der Waals surface area contributed by atoms with Crippen molar-refractivity contribution in [2.75, 3.05) is 38.0 Å². The molecule has 0 bridgehead atoms. The van der Waals surface area contributed by atoms with E-state index in [2.05, 4.69) is 34.1 Å². The van der Waals surface area contributed by atoms with E-state index in [1.165, 1.54) is 0 Å². The average Bonchev–Trinajstić information content (AvgIpc) is 3.43. The number of ketones is 1. The predicted molar refractivity (Wildman–Crippen MR) is 132 cm³/mol. The molecule has 0 amide bonds. The maximum absolute atomic E-state index is 13.7. The molecule has 0 aliphatic carbocycles. The first kappa shape index (κ1) is 20.4. The highest BCUT2D eigenvalue weighted by Gasteiger charge is 2.23. The van der Waals surface area contributed by atoms with Crippen LogP contribution in [-0.4, -0.2) is 34.0 Å². The van der Waals surface area contributed by atoms with Gasteiger partial charge in [-0.1, -0.05) is 36.4 Å². The maximum Gasteiger partial charge on any atom is 0.195 e. The Morgan fingerprint density at radius 1 is 0.633 bits per heavy atom. The van der Waals surface area contributed by atoms with Crippen LogP contribution in [0.4, 0.5) is 11.4 Å². The van der Waals surface area contributed by atoms with E-state index >= 15 is 0 Å². The molecule has 2 aromatic heterocycles. The Labute approximate surface area is 185 Å². The van der Waals surface area contributed by atoms with Gasteiger partial charge >= 0.3 is 0 Å². The summed E-state index contributed by atoms with van der Waals surface area (Å²) in [5, 5.41) is 4.02. The molecule has 152 valence electrons. The number of nitrogens with zero attached hydrogens (tertiary/aromatic N) is 2. The van der Waals surface area contributed by atoms with Gasteiger partial charge in [0.15, 0.2) is 5.78 Å². The second-order valence-electron chi connectivity index (χ2n) is 7.48. The molecule has 2 aromatic carbocycles. The molecular weight excluding hydrogens is 408 g/mol. The third kappa shape index (κ3) is 3.66. The third-order valence-electron chi connectivity index (χ3n) is 5.08. The normalized spacial score (nSPS) is 10.8. The van der Waals surface area contributed by atoms with Crippen LogP contribution < -0.4 is 9.80 Å². The van der Waals surface area contributed by atoms with Crippen LogP contribution in [0.3, 0.4) is 0 Å². The van der Waals surface area contributed by atoms with Crippen molar-refractivity contribution in [2.45, 2.75) is 0 Å². The van der Waals surface area contributed by atoms with Gasteiger partial charge in [-0.05, 0) is 35.0 Å². The molecule has 0 aliphatic rings. The Kier molecular flexibility index (Phi) is 5.75. The lowest BCUT2D eigenvalue weighted by molar-refractivity contribution is 0.104. The maximum atomic E-state index is 13.7. The fourth-order valence-electron chi connectivity index (χ4n) is 3.65. The lowest BCUT2D eigenvalue weighted by Crippen LogP contribution is -2.11. The van der Waals surface area contributed by atoms with Crippen molar-refractivity contribution >= 4 is 39.8 Å². The number of para-hydroxylation sites is 2. The fraction of sp³-hybridized carbons (Fsp3) is 0.160. The van der Waals surface area contributed by atoms with E-state index in [4.69, 9.17) is 0 Å². The van der Waals surface area contributed by atoms with E-state index in [-0.39, 0.29) is 5.78 Å². The van der Waals surface area contributed by atoms with E-state index in [0.717, 1.165) is 43.4 Å². The van der Waals surface area contributed by atoms with Gasteiger partial charge in [0.1, 0.15) is 0 Å². The number of carbonyl (C=O) groups is 1. The molecule has 0 N–H and O–H groups in total. The van der Waals surface area contributed by atoms with Crippen LogP contribution in [0.15, 0.2) is 71.4 Å². The molecule has 0 spiro atoms. The average molecular weight is 433 g/mol. The lowest BCUT2D eigenvalue weighted by Gasteiger charge is -2.18. The van der Waals surface area contributed by atoms with Crippen molar-refractivity contribution in [2.24, 2.45) is 0 Å². The quantitative estimate of drug-likeness (QED) is 0.325. The van der Waals surface area contributed by atoms with Crippen LogP contribution in [-0.2, 0) is 0 Å². The topological polar surface area (TPSA) is 23.6 Å². The summed E-state index contributed by atoms with van der Waals surface area (Å²) in [5.74, 6) is 0.0737. The molecule has 0 atom stereocenters. The van der Waals surface area contributed by atoms with E-state index in [1.54, 1.807) is 22.7 Å². The molecular formula is C25H24N2OS2. The first-order valence-electron chi connectivity index (χ1n) is 9.72. The van der Waals surface area contributed by atoms with Crippen molar-refractivity contribution in [1.29, 1.82) is 0 Å². The summed E-state index contributed by atoms with van der Waals surface area (Å²) >= 11 is 3.23. The zero-order valence-corrected chi connectivity index (χ0v) is 19.2. The van der Waals surface area contributed by atoms with Crippen molar-refractivity contribution in [3.63, 3.8) is 0 Å². The lowest BCUT2D eigenvalue weighted by atomic mass is 9.98. The van der Waals surface area contributed by atoms with Gasteiger partial charge in [-0.25, -0.2) is 0 Å². The van der Waals surface area contributed by atoms with E-state index in [9.17, 15) is 4.79 Å². The molecule has 0 fully saturated rings. The standard InChI is InChI=1S/C25H24N2OS2/c1-26(2)21-11-7-5-9-17(21)24-19(13-15-29-24)23(28)20-14-16-30-25(20)18-10-6-8-12-22(18)27(3)4/h5-16H,1-4H3. The highest BCUT2D eigenvalue weighted by Crippen LogP contribution is 2.40. The molecule has 2 heterocycles. The van der Waals surface area contributed by atoms with Crippen molar-refractivity contribution in [3.05, 3.63) is 82.6 Å². The molecule has 30 heavy (non-hydrogen) atoms. The summed E-state index contributed by atoms with van der Waals surface area (Å²) in [5.41, 5.74) is 5.92.